The van der Waals surface area contributed by atoms with Gasteiger partial charge in [-0.25, -0.2) is 0 Å². The minimum atomic E-state index is 0.490. The van der Waals surface area contributed by atoms with E-state index in [-0.39, 0.29) is 0 Å². The van der Waals surface area contributed by atoms with Crippen molar-refractivity contribution in [2.45, 2.75) is 78.7 Å². The van der Waals surface area contributed by atoms with E-state index in [1.165, 1.54) is 71.1 Å². The van der Waals surface area contributed by atoms with Crippen LogP contribution in [0.4, 0.5) is 0 Å². The summed E-state index contributed by atoms with van der Waals surface area (Å²) in [6, 6.07) is 0.742. The average Bonchev–Trinajstić information content (AvgIpc) is 2.33. The first-order valence-electron chi connectivity index (χ1n) is 8.53. The van der Waals surface area contributed by atoms with E-state index in [4.69, 9.17) is 0 Å². The molecule has 1 N–H and O–H groups in total. The molecule has 0 spiro atoms. The monoisotopic (exact) mass is 268 g/mol. The highest BCUT2D eigenvalue weighted by atomic mass is 15.1. The van der Waals surface area contributed by atoms with E-state index in [1.807, 2.05) is 0 Å². The van der Waals surface area contributed by atoms with Gasteiger partial charge < -0.3 is 10.2 Å². The van der Waals surface area contributed by atoms with Gasteiger partial charge in [-0.05, 0) is 50.7 Å². The summed E-state index contributed by atoms with van der Waals surface area (Å²) >= 11 is 0. The Morgan fingerprint density at radius 3 is 2.63 bits per heavy atom. The van der Waals surface area contributed by atoms with Gasteiger partial charge in [0.25, 0.3) is 0 Å². The first-order chi connectivity index (χ1) is 9.07. The largest absolute Gasteiger partial charge is 0.314 e. The molecule has 0 bridgehead atoms. The fourth-order valence-electron chi connectivity index (χ4n) is 3.21. The summed E-state index contributed by atoms with van der Waals surface area (Å²) in [6.07, 6.45) is 9.41. The van der Waals surface area contributed by atoms with Gasteiger partial charge >= 0.3 is 0 Å². The number of rotatable bonds is 7. The molecule has 1 aliphatic rings. The first-order valence-corrected chi connectivity index (χ1v) is 8.53. The Morgan fingerprint density at radius 1 is 1.16 bits per heavy atom. The molecule has 0 aromatic heterocycles. The topological polar surface area (TPSA) is 15.3 Å². The Labute approximate surface area is 121 Å². The molecule has 0 amide bonds. The van der Waals surface area contributed by atoms with E-state index < -0.39 is 0 Å². The summed E-state index contributed by atoms with van der Waals surface area (Å²) < 4.78 is 0. The molecular formula is C17H36N2. The van der Waals surface area contributed by atoms with Crippen molar-refractivity contribution < 1.29 is 0 Å². The summed E-state index contributed by atoms with van der Waals surface area (Å²) in [6.45, 7) is 14.6. The number of nitrogens with zero attached hydrogens (tertiary/aromatic N) is 1. The zero-order valence-corrected chi connectivity index (χ0v) is 13.8. The standard InChI is InChI=1S/C17H36N2/c1-5-7-8-11-17(3,4)15-19-13-9-12-18-16(6-2)10-14-19/h16,18H,5-15H2,1-4H3. The molecule has 0 aromatic rings. The number of hydrogen-bond donors (Lipinski definition) is 1. The van der Waals surface area contributed by atoms with Gasteiger partial charge in [-0.2, -0.15) is 0 Å². The summed E-state index contributed by atoms with van der Waals surface area (Å²) in [4.78, 5) is 2.72. The Morgan fingerprint density at radius 2 is 1.95 bits per heavy atom. The van der Waals surface area contributed by atoms with Crippen molar-refractivity contribution in [1.82, 2.24) is 10.2 Å². The molecule has 19 heavy (non-hydrogen) atoms. The summed E-state index contributed by atoms with van der Waals surface area (Å²) in [5.41, 5.74) is 0.490. The molecule has 114 valence electrons. The molecule has 1 fully saturated rings. The quantitative estimate of drug-likeness (QED) is 0.701. The van der Waals surface area contributed by atoms with Crippen molar-refractivity contribution in [3.05, 3.63) is 0 Å². The van der Waals surface area contributed by atoms with Gasteiger partial charge in [-0.1, -0.05) is 47.0 Å². The van der Waals surface area contributed by atoms with Crippen LogP contribution >= 0.6 is 0 Å². The van der Waals surface area contributed by atoms with Crippen molar-refractivity contribution in [1.29, 1.82) is 0 Å². The third-order valence-corrected chi connectivity index (χ3v) is 4.48. The second-order valence-corrected chi connectivity index (χ2v) is 7.10. The summed E-state index contributed by atoms with van der Waals surface area (Å²) in [7, 11) is 0. The Balaban J connectivity index is 2.35. The van der Waals surface area contributed by atoms with Gasteiger partial charge in [-0.15, -0.1) is 0 Å². The zero-order chi connectivity index (χ0) is 14.1. The SMILES string of the molecule is CCCCCC(C)(C)CN1CCCNC(CC)CC1. The van der Waals surface area contributed by atoms with Crippen molar-refractivity contribution >= 4 is 0 Å². The van der Waals surface area contributed by atoms with Crippen LogP contribution in [0.15, 0.2) is 0 Å². The van der Waals surface area contributed by atoms with Crippen LogP contribution in [0.1, 0.15) is 72.6 Å². The first kappa shape index (κ1) is 17.0. The van der Waals surface area contributed by atoms with E-state index in [2.05, 4.69) is 37.9 Å². The van der Waals surface area contributed by atoms with Gasteiger partial charge in [0.2, 0.25) is 0 Å². The number of unbranched alkanes of at least 4 members (excludes halogenated alkanes) is 2. The van der Waals surface area contributed by atoms with Crippen LogP contribution in [0.2, 0.25) is 0 Å². The van der Waals surface area contributed by atoms with E-state index in [0.717, 1.165) is 6.04 Å². The lowest BCUT2D eigenvalue weighted by Gasteiger charge is -2.35. The molecule has 1 rings (SSSR count). The molecular weight excluding hydrogens is 232 g/mol. The van der Waals surface area contributed by atoms with Gasteiger partial charge in [0.15, 0.2) is 0 Å². The maximum Gasteiger partial charge on any atom is 0.00766 e. The third-order valence-electron chi connectivity index (χ3n) is 4.48. The van der Waals surface area contributed by atoms with Crippen LogP contribution in [-0.2, 0) is 0 Å². The second kappa shape index (κ2) is 8.97. The number of hydrogen-bond acceptors (Lipinski definition) is 2. The van der Waals surface area contributed by atoms with Crippen molar-refractivity contribution in [2.75, 3.05) is 26.2 Å². The molecule has 1 saturated heterocycles. The molecule has 2 heteroatoms. The van der Waals surface area contributed by atoms with Crippen LogP contribution in [0.3, 0.4) is 0 Å². The Bertz CT molecular complexity index is 225. The fraction of sp³-hybridized carbons (Fsp3) is 1.00. The molecule has 1 atom stereocenters. The molecule has 1 aliphatic heterocycles. The molecule has 0 aromatic carbocycles. The summed E-state index contributed by atoms with van der Waals surface area (Å²) in [5.74, 6) is 0. The minimum Gasteiger partial charge on any atom is -0.314 e. The van der Waals surface area contributed by atoms with Crippen LogP contribution in [0.25, 0.3) is 0 Å². The predicted molar refractivity (Wildman–Crippen MR) is 85.7 cm³/mol. The highest BCUT2D eigenvalue weighted by Crippen LogP contribution is 2.25. The zero-order valence-electron chi connectivity index (χ0n) is 13.8. The second-order valence-electron chi connectivity index (χ2n) is 7.10. The molecule has 0 aliphatic carbocycles. The van der Waals surface area contributed by atoms with E-state index >= 15 is 0 Å². The molecule has 0 saturated carbocycles. The highest BCUT2D eigenvalue weighted by Gasteiger charge is 2.22. The van der Waals surface area contributed by atoms with Crippen molar-refractivity contribution in [2.24, 2.45) is 5.41 Å². The third kappa shape index (κ3) is 7.31. The Hall–Kier alpha value is -0.0800. The lowest BCUT2D eigenvalue weighted by Crippen LogP contribution is -2.42. The van der Waals surface area contributed by atoms with Crippen LogP contribution in [0.5, 0.6) is 0 Å². The molecule has 0 radical (unpaired) electrons. The van der Waals surface area contributed by atoms with Crippen LogP contribution < -0.4 is 5.32 Å². The normalized spacial score (nSPS) is 23.1. The average molecular weight is 268 g/mol. The Kier molecular flexibility index (Phi) is 8.01. The molecule has 1 unspecified atom stereocenters. The minimum absolute atomic E-state index is 0.490. The predicted octanol–water partition coefficient (Wildman–Crippen LogP) is 4.06. The lowest BCUT2D eigenvalue weighted by molar-refractivity contribution is 0.149. The maximum atomic E-state index is 3.67. The van der Waals surface area contributed by atoms with Gasteiger partial charge in [0, 0.05) is 12.6 Å². The maximum absolute atomic E-state index is 3.67. The fourth-order valence-corrected chi connectivity index (χ4v) is 3.21. The van der Waals surface area contributed by atoms with E-state index in [1.54, 1.807) is 0 Å². The smallest absolute Gasteiger partial charge is 0.00766 e. The summed E-state index contributed by atoms with van der Waals surface area (Å²) in [5, 5.41) is 3.67. The van der Waals surface area contributed by atoms with Crippen LogP contribution in [0, 0.1) is 5.41 Å². The van der Waals surface area contributed by atoms with E-state index in [9.17, 15) is 0 Å². The van der Waals surface area contributed by atoms with E-state index in [0.29, 0.717) is 5.41 Å². The molecule has 1 heterocycles. The van der Waals surface area contributed by atoms with Gasteiger partial charge in [-0.3, -0.25) is 0 Å². The van der Waals surface area contributed by atoms with Crippen LogP contribution in [-0.4, -0.2) is 37.1 Å². The van der Waals surface area contributed by atoms with Crippen molar-refractivity contribution in [3.63, 3.8) is 0 Å². The molecule has 2 nitrogen and oxygen atoms in total. The van der Waals surface area contributed by atoms with Gasteiger partial charge in [0.05, 0.1) is 0 Å². The lowest BCUT2D eigenvalue weighted by atomic mass is 9.86. The van der Waals surface area contributed by atoms with Crippen molar-refractivity contribution in [3.8, 4) is 0 Å². The van der Waals surface area contributed by atoms with Gasteiger partial charge in [0.1, 0.15) is 0 Å². The number of nitrogens with one attached hydrogen (secondary N) is 1. The highest BCUT2D eigenvalue weighted by molar-refractivity contribution is 4.78.